The normalized spacial score (nSPS) is 10.6. The molecule has 0 amide bonds. The third kappa shape index (κ3) is 2.68. The van der Waals surface area contributed by atoms with Gasteiger partial charge in [0.15, 0.2) is 0 Å². The quantitative estimate of drug-likeness (QED) is 0.562. The molecule has 0 unspecified atom stereocenters. The lowest BCUT2D eigenvalue weighted by Gasteiger charge is -2.09. The molecule has 2 aromatic carbocycles. The van der Waals surface area contributed by atoms with Crippen molar-refractivity contribution in [1.82, 2.24) is 4.98 Å². The van der Waals surface area contributed by atoms with Crippen molar-refractivity contribution in [2.45, 2.75) is 0 Å². The number of fused-ring (bicyclic) bond motifs is 1. The van der Waals surface area contributed by atoms with Gasteiger partial charge in [-0.15, -0.1) is 0 Å². The Labute approximate surface area is 129 Å². The van der Waals surface area contributed by atoms with E-state index in [0.29, 0.717) is 22.3 Å². The third-order valence-electron chi connectivity index (χ3n) is 3.13. The van der Waals surface area contributed by atoms with Crippen molar-refractivity contribution in [1.29, 1.82) is 0 Å². The molecule has 0 spiro atoms. The lowest BCUT2D eigenvalue weighted by Crippen LogP contribution is -1.95. The van der Waals surface area contributed by atoms with Gasteiger partial charge in [0.2, 0.25) is 0 Å². The van der Waals surface area contributed by atoms with Crippen LogP contribution < -0.4 is 5.32 Å². The van der Waals surface area contributed by atoms with Crippen LogP contribution in [0.15, 0.2) is 48.7 Å². The molecular formula is C15H9ClFN3O2. The third-order valence-corrected chi connectivity index (χ3v) is 3.45. The zero-order chi connectivity index (χ0) is 15.7. The number of aromatic nitrogens is 1. The Balaban J connectivity index is 2.05. The molecular weight excluding hydrogens is 309 g/mol. The number of benzene rings is 2. The summed E-state index contributed by atoms with van der Waals surface area (Å²) in [6, 6.07) is 10.3. The van der Waals surface area contributed by atoms with Gasteiger partial charge in [-0.1, -0.05) is 11.6 Å². The van der Waals surface area contributed by atoms with E-state index in [1.807, 2.05) is 0 Å². The molecule has 0 bridgehead atoms. The van der Waals surface area contributed by atoms with E-state index in [-0.39, 0.29) is 16.5 Å². The molecule has 7 heteroatoms. The second-order valence-corrected chi connectivity index (χ2v) is 4.98. The Hall–Kier alpha value is -2.73. The fourth-order valence-electron chi connectivity index (χ4n) is 2.11. The summed E-state index contributed by atoms with van der Waals surface area (Å²) in [6.07, 6.45) is 1.58. The van der Waals surface area contributed by atoms with Crippen molar-refractivity contribution in [3.63, 3.8) is 0 Å². The second kappa shape index (κ2) is 5.57. The molecule has 22 heavy (non-hydrogen) atoms. The Morgan fingerprint density at radius 1 is 1.18 bits per heavy atom. The molecule has 0 saturated heterocycles. The number of nitrogens with one attached hydrogen (secondary N) is 1. The lowest BCUT2D eigenvalue weighted by molar-refractivity contribution is -0.384. The maximum absolute atomic E-state index is 13.4. The molecule has 3 aromatic rings. The lowest BCUT2D eigenvalue weighted by atomic mass is 10.1. The van der Waals surface area contributed by atoms with Gasteiger partial charge in [-0.3, -0.25) is 15.1 Å². The monoisotopic (exact) mass is 317 g/mol. The summed E-state index contributed by atoms with van der Waals surface area (Å²) < 4.78 is 13.4. The van der Waals surface area contributed by atoms with Crippen LogP contribution in [0.3, 0.4) is 0 Å². The summed E-state index contributed by atoms with van der Waals surface area (Å²) in [4.78, 5) is 14.5. The molecule has 110 valence electrons. The topological polar surface area (TPSA) is 68.1 Å². The summed E-state index contributed by atoms with van der Waals surface area (Å²) in [5.74, 6) is -0.384. The molecule has 1 heterocycles. The predicted octanol–water partition coefficient (Wildman–Crippen LogP) is 4.68. The molecule has 0 fully saturated rings. The van der Waals surface area contributed by atoms with Crippen LogP contribution in [0.2, 0.25) is 5.02 Å². The molecule has 3 rings (SSSR count). The van der Waals surface area contributed by atoms with Crippen molar-refractivity contribution in [3.8, 4) is 0 Å². The zero-order valence-corrected chi connectivity index (χ0v) is 11.8. The number of hydrogen-bond donors (Lipinski definition) is 1. The first-order chi connectivity index (χ1) is 10.5. The molecule has 0 saturated carbocycles. The van der Waals surface area contributed by atoms with Crippen LogP contribution in [0.25, 0.3) is 10.9 Å². The van der Waals surface area contributed by atoms with Crippen molar-refractivity contribution in [3.05, 3.63) is 69.6 Å². The van der Waals surface area contributed by atoms with E-state index in [9.17, 15) is 14.5 Å². The van der Waals surface area contributed by atoms with Crippen LogP contribution in [0.4, 0.5) is 21.5 Å². The van der Waals surface area contributed by atoms with Gasteiger partial charge in [-0.25, -0.2) is 4.39 Å². The Kier molecular flexibility index (Phi) is 3.60. The Morgan fingerprint density at radius 3 is 2.77 bits per heavy atom. The van der Waals surface area contributed by atoms with Gasteiger partial charge in [-0.2, -0.15) is 0 Å². The predicted molar refractivity (Wildman–Crippen MR) is 83.1 cm³/mol. The van der Waals surface area contributed by atoms with Crippen LogP contribution in [0, 0.1) is 15.9 Å². The first-order valence-electron chi connectivity index (χ1n) is 6.30. The van der Waals surface area contributed by atoms with E-state index < -0.39 is 4.92 Å². The van der Waals surface area contributed by atoms with Crippen LogP contribution in [0.5, 0.6) is 0 Å². The standard InChI is InChI=1S/C15H9ClFN3O2/c16-12-3-2-10(8-15(12)20(21)22)19-14-5-6-18-13-4-1-9(17)7-11(13)14/h1-8H,(H,18,19). The van der Waals surface area contributed by atoms with E-state index in [4.69, 9.17) is 11.6 Å². The number of nitro benzene ring substituents is 1. The summed E-state index contributed by atoms with van der Waals surface area (Å²) in [5, 5.41) is 14.6. The van der Waals surface area contributed by atoms with Gasteiger partial charge in [0.25, 0.3) is 5.69 Å². The van der Waals surface area contributed by atoms with Gasteiger partial charge < -0.3 is 5.32 Å². The maximum Gasteiger partial charge on any atom is 0.289 e. The number of nitrogens with zero attached hydrogens (tertiary/aromatic N) is 2. The highest BCUT2D eigenvalue weighted by Gasteiger charge is 2.13. The van der Waals surface area contributed by atoms with Gasteiger partial charge >= 0.3 is 0 Å². The molecule has 0 radical (unpaired) electrons. The van der Waals surface area contributed by atoms with Crippen LogP contribution in [-0.4, -0.2) is 9.91 Å². The Morgan fingerprint density at radius 2 is 2.00 bits per heavy atom. The van der Waals surface area contributed by atoms with E-state index in [2.05, 4.69) is 10.3 Å². The fraction of sp³-hybridized carbons (Fsp3) is 0. The van der Waals surface area contributed by atoms with Crippen molar-refractivity contribution in [2.75, 3.05) is 5.32 Å². The van der Waals surface area contributed by atoms with Crippen LogP contribution in [0.1, 0.15) is 0 Å². The highest BCUT2D eigenvalue weighted by molar-refractivity contribution is 6.32. The van der Waals surface area contributed by atoms with E-state index >= 15 is 0 Å². The minimum absolute atomic E-state index is 0.0566. The molecule has 1 N–H and O–H groups in total. The minimum Gasteiger partial charge on any atom is -0.355 e. The summed E-state index contributed by atoms with van der Waals surface area (Å²) in [6.45, 7) is 0. The largest absolute Gasteiger partial charge is 0.355 e. The molecule has 0 atom stereocenters. The van der Waals surface area contributed by atoms with Crippen LogP contribution >= 0.6 is 11.6 Å². The summed E-state index contributed by atoms with van der Waals surface area (Å²) >= 11 is 5.78. The summed E-state index contributed by atoms with van der Waals surface area (Å²) in [5.41, 5.74) is 1.50. The van der Waals surface area contributed by atoms with Gasteiger partial charge in [-0.05, 0) is 36.4 Å². The number of hydrogen-bond acceptors (Lipinski definition) is 4. The number of nitro groups is 1. The highest BCUT2D eigenvalue weighted by Crippen LogP contribution is 2.31. The average molecular weight is 318 g/mol. The maximum atomic E-state index is 13.4. The molecule has 0 aliphatic carbocycles. The SMILES string of the molecule is O=[N+]([O-])c1cc(Nc2ccnc3ccc(F)cc23)ccc1Cl. The van der Waals surface area contributed by atoms with E-state index in [1.165, 1.54) is 24.3 Å². The van der Waals surface area contributed by atoms with Crippen LogP contribution in [-0.2, 0) is 0 Å². The van der Waals surface area contributed by atoms with Crippen molar-refractivity contribution < 1.29 is 9.31 Å². The first-order valence-corrected chi connectivity index (χ1v) is 6.67. The Bertz CT molecular complexity index is 886. The van der Waals surface area contributed by atoms with Gasteiger partial charge in [0, 0.05) is 29.0 Å². The smallest absolute Gasteiger partial charge is 0.289 e. The van der Waals surface area contributed by atoms with Gasteiger partial charge in [0.1, 0.15) is 10.8 Å². The minimum atomic E-state index is -0.558. The number of anilines is 2. The molecule has 1 aromatic heterocycles. The average Bonchev–Trinajstić information content (AvgIpc) is 2.49. The molecule has 0 aliphatic heterocycles. The fourth-order valence-corrected chi connectivity index (χ4v) is 2.30. The van der Waals surface area contributed by atoms with E-state index in [1.54, 1.807) is 24.4 Å². The highest BCUT2D eigenvalue weighted by atomic mass is 35.5. The number of halogens is 2. The summed E-state index contributed by atoms with van der Waals surface area (Å²) in [7, 11) is 0. The molecule has 0 aliphatic rings. The van der Waals surface area contributed by atoms with Crippen molar-refractivity contribution >= 4 is 39.6 Å². The number of rotatable bonds is 3. The zero-order valence-electron chi connectivity index (χ0n) is 11.1. The second-order valence-electron chi connectivity index (χ2n) is 4.57. The number of pyridine rings is 1. The first kappa shape index (κ1) is 14.2. The van der Waals surface area contributed by atoms with E-state index in [0.717, 1.165) is 0 Å². The van der Waals surface area contributed by atoms with Gasteiger partial charge in [0.05, 0.1) is 10.4 Å². The molecule has 5 nitrogen and oxygen atoms in total. The van der Waals surface area contributed by atoms with Crippen molar-refractivity contribution in [2.24, 2.45) is 0 Å².